The highest BCUT2D eigenvalue weighted by atomic mass is 35.5. The minimum absolute atomic E-state index is 0. The van der Waals surface area contributed by atoms with Crippen LogP contribution in [0.5, 0.6) is 0 Å². The Hall–Kier alpha value is -1.40. The van der Waals surface area contributed by atoms with Gasteiger partial charge in [-0.2, -0.15) is 22.0 Å². The van der Waals surface area contributed by atoms with Crippen molar-refractivity contribution in [2.45, 2.75) is 25.1 Å². The van der Waals surface area contributed by atoms with Crippen LogP contribution in [-0.4, -0.2) is 12.1 Å². The maximum atomic E-state index is 13.4. The Labute approximate surface area is 124 Å². The van der Waals surface area contributed by atoms with Crippen LogP contribution in [0.3, 0.4) is 0 Å². The summed E-state index contributed by atoms with van der Waals surface area (Å²) >= 11 is 0. The molecule has 2 aromatic rings. The highest BCUT2D eigenvalue weighted by Gasteiger charge is 2.61. The lowest BCUT2D eigenvalue weighted by atomic mass is 9.93. The molecule has 2 aromatic carbocycles. The molecule has 0 aliphatic carbocycles. The Morgan fingerprint density at radius 2 is 1.43 bits per heavy atom. The van der Waals surface area contributed by atoms with E-state index < -0.39 is 18.1 Å². The van der Waals surface area contributed by atoms with Crippen molar-refractivity contribution < 1.29 is 22.0 Å². The molecule has 2 rings (SSSR count). The van der Waals surface area contributed by atoms with Crippen LogP contribution in [0.2, 0.25) is 0 Å². The summed E-state index contributed by atoms with van der Waals surface area (Å²) < 4.78 is 64.0. The summed E-state index contributed by atoms with van der Waals surface area (Å²) in [6.45, 7) is 1.75. The molecule has 0 bridgehead atoms. The molecule has 2 N–H and O–H groups in total. The number of hydrogen-bond donors (Lipinski definition) is 1. The van der Waals surface area contributed by atoms with Crippen LogP contribution >= 0.6 is 12.4 Å². The molecule has 1 atom stereocenters. The third kappa shape index (κ3) is 2.96. The van der Waals surface area contributed by atoms with Gasteiger partial charge >= 0.3 is 12.1 Å². The van der Waals surface area contributed by atoms with Crippen LogP contribution in [0.1, 0.15) is 17.2 Å². The Bertz CT molecular complexity index is 639. The molecule has 0 saturated heterocycles. The molecule has 1 nitrogen and oxygen atoms in total. The van der Waals surface area contributed by atoms with Crippen LogP contribution in [0, 0.1) is 6.92 Å². The molecule has 0 heterocycles. The fourth-order valence-electron chi connectivity index (χ4n) is 2.12. The van der Waals surface area contributed by atoms with Crippen molar-refractivity contribution in [2.24, 2.45) is 5.73 Å². The minimum Gasteiger partial charge on any atom is -0.319 e. The SMILES string of the molecule is Cc1ccc([C@@H](N)C(F)(F)C(F)(F)F)c2ccccc12.Cl. The first-order valence-corrected chi connectivity index (χ1v) is 5.84. The molecule has 0 radical (unpaired) electrons. The molecule has 0 aliphatic rings. The van der Waals surface area contributed by atoms with E-state index in [2.05, 4.69) is 0 Å². The molecule has 0 spiro atoms. The first-order chi connectivity index (χ1) is 9.16. The second kappa shape index (κ2) is 5.77. The average molecular weight is 326 g/mol. The maximum Gasteiger partial charge on any atom is 0.455 e. The number of rotatable bonds is 2. The van der Waals surface area contributed by atoms with Crippen molar-refractivity contribution >= 4 is 23.2 Å². The van der Waals surface area contributed by atoms with E-state index in [1.165, 1.54) is 18.2 Å². The van der Waals surface area contributed by atoms with Gasteiger partial charge in [0.1, 0.15) is 6.04 Å². The fraction of sp³-hybridized carbons (Fsp3) is 0.286. The van der Waals surface area contributed by atoms with Crippen LogP contribution < -0.4 is 5.73 Å². The van der Waals surface area contributed by atoms with Gasteiger partial charge < -0.3 is 5.73 Å². The lowest BCUT2D eigenvalue weighted by molar-refractivity contribution is -0.290. The minimum atomic E-state index is -5.68. The molecule has 0 amide bonds. The summed E-state index contributed by atoms with van der Waals surface area (Å²) in [5, 5.41) is 0.919. The van der Waals surface area contributed by atoms with Gasteiger partial charge in [-0.3, -0.25) is 0 Å². The standard InChI is InChI=1S/C14H12F5N.ClH/c1-8-6-7-11(10-5-3-2-4-9(8)10)12(20)13(15,16)14(17,18)19;/h2-7,12H,20H2,1H3;1H/t12-;/m1./s1. The van der Waals surface area contributed by atoms with E-state index in [1.54, 1.807) is 25.1 Å². The van der Waals surface area contributed by atoms with Gasteiger partial charge in [0.25, 0.3) is 0 Å². The van der Waals surface area contributed by atoms with Crippen molar-refractivity contribution in [3.05, 3.63) is 47.5 Å². The second-order valence-corrected chi connectivity index (χ2v) is 4.62. The smallest absolute Gasteiger partial charge is 0.319 e. The first-order valence-electron chi connectivity index (χ1n) is 5.84. The van der Waals surface area contributed by atoms with Crippen molar-refractivity contribution in [1.82, 2.24) is 0 Å². The average Bonchev–Trinajstić information content (AvgIpc) is 2.37. The molecule has 116 valence electrons. The monoisotopic (exact) mass is 325 g/mol. The van der Waals surface area contributed by atoms with Gasteiger partial charge in [-0.25, -0.2) is 0 Å². The lowest BCUT2D eigenvalue weighted by Crippen LogP contribution is -2.45. The van der Waals surface area contributed by atoms with Crippen LogP contribution in [0.4, 0.5) is 22.0 Å². The quantitative estimate of drug-likeness (QED) is 0.791. The fourth-order valence-corrected chi connectivity index (χ4v) is 2.12. The number of aryl methyl sites for hydroxylation is 1. The summed E-state index contributed by atoms with van der Waals surface area (Å²) in [6, 6.07) is 6.69. The van der Waals surface area contributed by atoms with Crippen molar-refractivity contribution in [1.29, 1.82) is 0 Å². The Balaban J connectivity index is 0.00000220. The highest BCUT2D eigenvalue weighted by molar-refractivity contribution is 5.89. The van der Waals surface area contributed by atoms with Gasteiger partial charge in [0.05, 0.1) is 0 Å². The Morgan fingerprint density at radius 1 is 0.905 bits per heavy atom. The van der Waals surface area contributed by atoms with E-state index in [0.717, 1.165) is 5.56 Å². The van der Waals surface area contributed by atoms with Crippen molar-refractivity contribution in [3.8, 4) is 0 Å². The van der Waals surface area contributed by atoms with E-state index in [-0.39, 0.29) is 18.0 Å². The Morgan fingerprint density at radius 3 is 1.95 bits per heavy atom. The number of hydrogen-bond acceptors (Lipinski definition) is 1. The van der Waals surface area contributed by atoms with Crippen molar-refractivity contribution in [3.63, 3.8) is 0 Å². The van der Waals surface area contributed by atoms with E-state index in [4.69, 9.17) is 5.73 Å². The zero-order valence-electron chi connectivity index (χ0n) is 10.9. The number of alkyl halides is 5. The van der Waals surface area contributed by atoms with Gasteiger partial charge in [-0.05, 0) is 28.8 Å². The zero-order chi connectivity index (χ0) is 15.1. The van der Waals surface area contributed by atoms with Gasteiger partial charge in [0.15, 0.2) is 0 Å². The molecule has 7 heteroatoms. The van der Waals surface area contributed by atoms with E-state index in [0.29, 0.717) is 10.8 Å². The topological polar surface area (TPSA) is 26.0 Å². The highest BCUT2D eigenvalue weighted by Crippen LogP contribution is 2.44. The number of nitrogens with two attached hydrogens (primary N) is 1. The first kappa shape index (κ1) is 17.7. The zero-order valence-corrected chi connectivity index (χ0v) is 11.7. The van der Waals surface area contributed by atoms with Gasteiger partial charge in [-0.1, -0.05) is 36.4 Å². The molecule has 0 unspecified atom stereocenters. The molecule has 0 aliphatic heterocycles. The van der Waals surface area contributed by atoms with Gasteiger partial charge in [0.2, 0.25) is 0 Å². The van der Waals surface area contributed by atoms with Crippen LogP contribution in [0.15, 0.2) is 36.4 Å². The summed E-state index contributed by atoms with van der Waals surface area (Å²) in [5.41, 5.74) is 5.77. The molecular formula is C14H13ClF5N. The van der Waals surface area contributed by atoms with E-state index >= 15 is 0 Å². The third-order valence-corrected chi connectivity index (χ3v) is 3.28. The molecular weight excluding hydrogens is 313 g/mol. The predicted octanol–water partition coefficient (Wildman–Crippen LogP) is 4.77. The molecule has 0 aromatic heterocycles. The molecule has 21 heavy (non-hydrogen) atoms. The van der Waals surface area contributed by atoms with E-state index in [9.17, 15) is 22.0 Å². The maximum absolute atomic E-state index is 13.4. The Kier molecular flexibility index (Phi) is 4.85. The van der Waals surface area contributed by atoms with Crippen LogP contribution in [-0.2, 0) is 0 Å². The number of fused-ring (bicyclic) bond motifs is 1. The van der Waals surface area contributed by atoms with Gasteiger partial charge in [-0.15, -0.1) is 12.4 Å². The predicted molar refractivity (Wildman–Crippen MR) is 73.9 cm³/mol. The lowest BCUT2D eigenvalue weighted by Gasteiger charge is -2.27. The van der Waals surface area contributed by atoms with Crippen LogP contribution in [0.25, 0.3) is 10.8 Å². The van der Waals surface area contributed by atoms with Crippen molar-refractivity contribution in [2.75, 3.05) is 0 Å². The summed E-state index contributed by atoms with van der Waals surface area (Å²) in [5.74, 6) is -4.98. The van der Waals surface area contributed by atoms with E-state index in [1.807, 2.05) is 0 Å². The number of halogens is 6. The second-order valence-electron chi connectivity index (χ2n) is 4.62. The molecule has 0 fully saturated rings. The van der Waals surface area contributed by atoms with Gasteiger partial charge in [0, 0.05) is 0 Å². The normalized spacial score (nSPS) is 13.9. The summed E-state index contributed by atoms with van der Waals surface area (Å²) in [7, 11) is 0. The largest absolute Gasteiger partial charge is 0.455 e. The number of benzene rings is 2. The summed E-state index contributed by atoms with van der Waals surface area (Å²) in [4.78, 5) is 0. The third-order valence-electron chi connectivity index (χ3n) is 3.28. The summed E-state index contributed by atoms with van der Waals surface area (Å²) in [6.07, 6.45) is -5.68. The molecule has 0 saturated carbocycles.